The van der Waals surface area contributed by atoms with Gasteiger partial charge in [-0.25, -0.2) is 0 Å². The lowest BCUT2D eigenvalue weighted by Gasteiger charge is -2.08. The summed E-state index contributed by atoms with van der Waals surface area (Å²) in [5.74, 6) is 0. The highest BCUT2D eigenvalue weighted by Gasteiger charge is 1.95. The Morgan fingerprint density at radius 3 is 2.22 bits per heavy atom. The zero-order valence-electron chi connectivity index (χ0n) is 6.55. The molecule has 0 heterocycles. The third-order valence-corrected chi connectivity index (χ3v) is 1.02. The Morgan fingerprint density at radius 2 is 1.89 bits per heavy atom. The summed E-state index contributed by atoms with van der Waals surface area (Å²) >= 11 is 0. The predicted molar refractivity (Wildman–Crippen MR) is 39.4 cm³/mol. The van der Waals surface area contributed by atoms with Gasteiger partial charge in [0.05, 0.1) is 6.10 Å². The van der Waals surface area contributed by atoms with Crippen LogP contribution in [0.5, 0.6) is 0 Å². The van der Waals surface area contributed by atoms with E-state index in [4.69, 9.17) is 10.5 Å². The molecule has 0 bridgehead atoms. The monoisotopic (exact) mass is 131 g/mol. The highest BCUT2D eigenvalue weighted by Crippen LogP contribution is 1.91. The molecule has 0 aliphatic carbocycles. The van der Waals surface area contributed by atoms with Crippen molar-refractivity contribution in [2.75, 3.05) is 6.61 Å². The van der Waals surface area contributed by atoms with Crippen LogP contribution in [0.25, 0.3) is 0 Å². The van der Waals surface area contributed by atoms with Gasteiger partial charge in [-0.05, 0) is 27.2 Å². The average Bonchev–Trinajstić information content (AvgIpc) is 1.63. The second-order valence-electron chi connectivity index (χ2n) is 2.69. The smallest absolute Gasteiger partial charge is 0.0518 e. The first-order chi connectivity index (χ1) is 4.13. The molecule has 0 radical (unpaired) electrons. The largest absolute Gasteiger partial charge is 0.379 e. The molecule has 0 aromatic heterocycles. The molecule has 2 heteroatoms. The van der Waals surface area contributed by atoms with Gasteiger partial charge in [-0.1, -0.05) is 0 Å². The molecule has 0 spiro atoms. The van der Waals surface area contributed by atoms with Gasteiger partial charge in [-0.3, -0.25) is 0 Å². The fraction of sp³-hybridized carbons (Fsp3) is 1.00. The minimum Gasteiger partial charge on any atom is -0.379 e. The van der Waals surface area contributed by atoms with Gasteiger partial charge < -0.3 is 10.5 Å². The number of rotatable bonds is 4. The topological polar surface area (TPSA) is 35.2 Å². The first kappa shape index (κ1) is 8.92. The molecule has 2 nitrogen and oxygen atoms in total. The third-order valence-electron chi connectivity index (χ3n) is 1.02. The van der Waals surface area contributed by atoms with Gasteiger partial charge in [0, 0.05) is 12.6 Å². The maximum atomic E-state index is 5.50. The Kier molecular flexibility index (Phi) is 4.72. The van der Waals surface area contributed by atoms with E-state index < -0.39 is 0 Å². The molecule has 0 aromatic rings. The number of hydrogen-bond donors (Lipinski definition) is 1. The van der Waals surface area contributed by atoms with Crippen LogP contribution in [0.15, 0.2) is 0 Å². The number of ether oxygens (including phenoxy) is 1. The predicted octanol–water partition coefficient (Wildman–Crippen LogP) is 1.15. The van der Waals surface area contributed by atoms with Crippen molar-refractivity contribution in [2.24, 2.45) is 5.73 Å². The first-order valence-electron chi connectivity index (χ1n) is 3.50. The van der Waals surface area contributed by atoms with Crippen molar-refractivity contribution in [1.82, 2.24) is 0 Å². The van der Waals surface area contributed by atoms with Crippen molar-refractivity contribution >= 4 is 0 Å². The van der Waals surface area contributed by atoms with Crippen LogP contribution in [0.4, 0.5) is 0 Å². The van der Waals surface area contributed by atoms with E-state index in [1.165, 1.54) is 0 Å². The van der Waals surface area contributed by atoms with E-state index >= 15 is 0 Å². The van der Waals surface area contributed by atoms with Crippen molar-refractivity contribution in [1.29, 1.82) is 0 Å². The van der Waals surface area contributed by atoms with Crippen LogP contribution in [0.2, 0.25) is 0 Å². The summed E-state index contributed by atoms with van der Waals surface area (Å²) < 4.78 is 5.27. The first-order valence-corrected chi connectivity index (χ1v) is 3.50. The number of hydrogen-bond acceptors (Lipinski definition) is 2. The molecule has 0 saturated carbocycles. The van der Waals surface area contributed by atoms with E-state index in [0.717, 1.165) is 13.0 Å². The summed E-state index contributed by atoms with van der Waals surface area (Å²) in [6.07, 6.45) is 1.29. The standard InChI is InChI=1S/C7H17NO/c1-6(2)9-5-4-7(3)8/h6-7H,4-5,8H2,1-3H3/t7-/m1/s1. The summed E-state index contributed by atoms with van der Waals surface area (Å²) in [6, 6.07) is 0.267. The Morgan fingerprint density at radius 1 is 1.33 bits per heavy atom. The average molecular weight is 131 g/mol. The Bertz CT molecular complexity index is 53.9. The van der Waals surface area contributed by atoms with Crippen LogP contribution in [0, 0.1) is 0 Å². The lowest BCUT2D eigenvalue weighted by molar-refractivity contribution is 0.0745. The Labute approximate surface area is 57.4 Å². The van der Waals surface area contributed by atoms with Crippen molar-refractivity contribution in [3.8, 4) is 0 Å². The van der Waals surface area contributed by atoms with E-state index in [-0.39, 0.29) is 6.04 Å². The van der Waals surface area contributed by atoms with Gasteiger partial charge in [-0.15, -0.1) is 0 Å². The highest BCUT2D eigenvalue weighted by atomic mass is 16.5. The minimum absolute atomic E-state index is 0.267. The molecule has 0 fully saturated rings. The Hall–Kier alpha value is -0.0800. The van der Waals surface area contributed by atoms with Gasteiger partial charge in [0.15, 0.2) is 0 Å². The van der Waals surface area contributed by atoms with Gasteiger partial charge >= 0.3 is 0 Å². The van der Waals surface area contributed by atoms with Crippen molar-refractivity contribution in [2.45, 2.75) is 39.3 Å². The molecular weight excluding hydrogens is 114 g/mol. The second kappa shape index (κ2) is 4.77. The molecule has 0 amide bonds. The van der Waals surface area contributed by atoms with Gasteiger partial charge in [0.1, 0.15) is 0 Å². The van der Waals surface area contributed by atoms with Crippen LogP contribution in [-0.4, -0.2) is 18.8 Å². The summed E-state index contributed by atoms with van der Waals surface area (Å²) in [5.41, 5.74) is 5.50. The fourth-order valence-corrected chi connectivity index (χ4v) is 0.490. The maximum absolute atomic E-state index is 5.50. The summed E-state index contributed by atoms with van der Waals surface area (Å²) in [6.45, 7) is 6.83. The van der Waals surface area contributed by atoms with Crippen LogP contribution < -0.4 is 5.73 Å². The fourth-order valence-electron chi connectivity index (χ4n) is 0.490. The van der Waals surface area contributed by atoms with Gasteiger partial charge in [0.2, 0.25) is 0 Å². The van der Waals surface area contributed by atoms with Gasteiger partial charge in [0.25, 0.3) is 0 Å². The van der Waals surface area contributed by atoms with E-state index in [2.05, 4.69) is 0 Å². The summed E-state index contributed by atoms with van der Waals surface area (Å²) in [5, 5.41) is 0. The second-order valence-corrected chi connectivity index (χ2v) is 2.69. The summed E-state index contributed by atoms with van der Waals surface area (Å²) in [7, 11) is 0. The minimum atomic E-state index is 0.267. The van der Waals surface area contributed by atoms with Crippen molar-refractivity contribution < 1.29 is 4.74 Å². The van der Waals surface area contributed by atoms with Crippen LogP contribution in [0.1, 0.15) is 27.2 Å². The molecule has 2 N–H and O–H groups in total. The van der Waals surface area contributed by atoms with Crippen LogP contribution in [-0.2, 0) is 4.74 Å². The molecule has 0 saturated heterocycles. The van der Waals surface area contributed by atoms with E-state index in [9.17, 15) is 0 Å². The molecule has 1 atom stereocenters. The Balaban J connectivity index is 2.91. The van der Waals surface area contributed by atoms with E-state index in [1.54, 1.807) is 0 Å². The van der Waals surface area contributed by atoms with Crippen LogP contribution >= 0.6 is 0 Å². The third kappa shape index (κ3) is 7.92. The van der Waals surface area contributed by atoms with Crippen molar-refractivity contribution in [3.05, 3.63) is 0 Å². The normalized spacial score (nSPS) is 14.3. The van der Waals surface area contributed by atoms with Crippen LogP contribution in [0.3, 0.4) is 0 Å². The maximum Gasteiger partial charge on any atom is 0.0518 e. The lowest BCUT2D eigenvalue weighted by atomic mass is 10.3. The number of nitrogens with two attached hydrogens (primary N) is 1. The molecular formula is C7H17NO. The van der Waals surface area contributed by atoms with E-state index in [1.807, 2.05) is 20.8 Å². The van der Waals surface area contributed by atoms with Gasteiger partial charge in [-0.2, -0.15) is 0 Å². The van der Waals surface area contributed by atoms with E-state index in [0.29, 0.717) is 6.10 Å². The molecule has 0 aliphatic rings. The molecule has 56 valence electrons. The summed E-state index contributed by atoms with van der Waals surface area (Å²) in [4.78, 5) is 0. The molecule has 0 rings (SSSR count). The molecule has 0 aromatic carbocycles. The molecule has 0 aliphatic heterocycles. The van der Waals surface area contributed by atoms with Crippen molar-refractivity contribution in [3.63, 3.8) is 0 Å². The lowest BCUT2D eigenvalue weighted by Crippen LogP contribution is -2.18. The quantitative estimate of drug-likeness (QED) is 0.621. The SMILES string of the molecule is CC(C)OCC[C@@H](C)N. The molecule has 0 unspecified atom stereocenters. The zero-order valence-corrected chi connectivity index (χ0v) is 6.55. The zero-order chi connectivity index (χ0) is 7.28. The highest BCUT2D eigenvalue weighted by molar-refractivity contribution is 4.51. The molecule has 9 heavy (non-hydrogen) atoms.